The first-order chi connectivity index (χ1) is 11.4. The summed E-state index contributed by atoms with van der Waals surface area (Å²) in [5, 5.41) is 0. The van der Waals surface area contributed by atoms with Crippen LogP contribution in [0.15, 0.2) is 30.3 Å². The van der Waals surface area contributed by atoms with Crippen molar-refractivity contribution in [3.63, 3.8) is 0 Å². The van der Waals surface area contributed by atoms with Gasteiger partial charge in [0.15, 0.2) is 12.2 Å². The highest BCUT2D eigenvalue weighted by Gasteiger charge is 2.50. The lowest BCUT2D eigenvalue weighted by molar-refractivity contribution is -0.167. The Kier molecular flexibility index (Phi) is 5.86. The van der Waals surface area contributed by atoms with E-state index in [1.807, 2.05) is 0 Å². The summed E-state index contributed by atoms with van der Waals surface area (Å²) in [6, 6.07) is 8.18. The van der Waals surface area contributed by atoms with Crippen LogP contribution in [0.25, 0.3) is 0 Å². The number of carbonyl (C=O) groups is 3. The van der Waals surface area contributed by atoms with E-state index in [-0.39, 0.29) is 6.61 Å². The smallest absolute Gasteiger partial charge is 0.338 e. The van der Waals surface area contributed by atoms with Gasteiger partial charge in [-0.25, -0.2) is 9.18 Å². The second-order valence-electron chi connectivity index (χ2n) is 5.14. The van der Waals surface area contributed by atoms with Gasteiger partial charge in [-0.3, -0.25) is 9.59 Å². The van der Waals surface area contributed by atoms with Gasteiger partial charge in [0.05, 0.1) is 5.56 Å². The molecule has 0 radical (unpaired) electrons. The van der Waals surface area contributed by atoms with Crippen molar-refractivity contribution in [1.82, 2.24) is 0 Å². The fraction of sp³-hybridized carbons (Fsp3) is 0.438. The number of alkyl halides is 1. The average Bonchev–Trinajstić information content (AvgIpc) is 2.81. The molecule has 4 atom stereocenters. The van der Waals surface area contributed by atoms with Crippen LogP contribution < -0.4 is 0 Å². The molecule has 7 nitrogen and oxygen atoms in total. The van der Waals surface area contributed by atoms with Gasteiger partial charge in [-0.2, -0.15) is 0 Å². The fourth-order valence-corrected chi connectivity index (χ4v) is 2.28. The summed E-state index contributed by atoms with van der Waals surface area (Å²) >= 11 is 0. The van der Waals surface area contributed by atoms with Gasteiger partial charge in [0.25, 0.3) is 0 Å². The molecule has 0 unspecified atom stereocenters. The van der Waals surface area contributed by atoms with E-state index >= 15 is 0 Å². The molecule has 1 heterocycles. The third-order valence-corrected chi connectivity index (χ3v) is 3.25. The maximum absolute atomic E-state index is 13.9. The Morgan fingerprint density at radius 3 is 2.21 bits per heavy atom. The molecule has 2 rings (SSSR count). The number of rotatable bonds is 5. The maximum atomic E-state index is 13.9. The third-order valence-electron chi connectivity index (χ3n) is 3.25. The average molecular weight is 340 g/mol. The van der Waals surface area contributed by atoms with Crippen molar-refractivity contribution in [1.29, 1.82) is 0 Å². The third kappa shape index (κ3) is 4.51. The highest BCUT2D eigenvalue weighted by Crippen LogP contribution is 2.28. The van der Waals surface area contributed by atoms with E-state index in [1.165, 1.54) is 0 Å². The molecule has 1 aromatic rings. The van der Waals surface area contributed by atoms with E-state index in [4.69, 9.17) is 18.9 Å². The van der Waals surface area contributed by atoms with Crippen molar-refractivity contribution in [2.45, 2.75) is 38.5 Å². The largest absolute Gasteiger partial charge is 0.459 e. The molecule has 0 N–H and O–H groups in total. The van der Waals surface area contributed by atoms with Gasteiger partial charge in [-0.15, -0.1) is 0 Å². The van der Waals surface area contributed by atoms with Crippen molar-refractivity contribution in [3.05, 3.63) is 35.9 Å². The summed E-state index contributed by atoms with van der Waals surface area (Å²) in [4.78, 5) is 34.2. The maximum Gasteiger partial charge on any atom is 0.338 e. The highest BCUT2D eigenvalue weighted by atomic mass is 19.1. The Balaban J connectivity index is 2.03. The predicted octanol–water partition coefficient (Wildman–Crippen LogP) is 1.40. The van der Waals surface area contributed by atoms with Crippen molar-refractivity contribution in [3.8, 4) is 0 Å². The molecule has 24 heavy (non-hydrogen) atoms. The standard InChI is InChI=1S/C16H17FO7/c1-9(18)22-13-12(24-15(17)14(13)23-10(2)19)8-21-16(20)11-6-4-3-5-7-11/h3-7,12-15H,8H2,1-2H3/t12-,13-,14-,15-/m1/s1. The molecule has 1 aliphatic heterocycles. The van der Waals surface area contributed by atoms with Gasteiger partial charge in [0, 0.05) is 13.8 Å². The Hall–Kier alpha value is -2.48. The van der Waals surface area contributed by atoms with Crippen LogP contribution in [0.3, 0.4) is 0 Å². The first kappa shape index (κ1) is 17.9. The highest BCUT2D eigenvalue weighted by molar-refractivity contribution is 5.89. The van der Waals surface area contributed by atoms with E-state index in [2.05, 4.69) is 0 Å². The molecule has 0 amide bonds. The predicted molar refractivity (Wildman–Crippen MR) is 77.6 cm³/mol. The van der Waals surface area contributed by atoms with Crippen LogP contribution in [0.1, 0.15) is 24.2 Å². The number of halogens is 1. The molecule has 1 fully saturated rings. The van der Waals surface area contributed by atoms with Crippen LogP contribution in [0.2, 0.25) is 0 Å². The first-order valence-corrected chi connectivity index (χ1v) is 7.24. The summed E-state index contributed by atoms with van der Waals surface area (Å²) < 4.78 is 33.7. The van der Waals surface area contributed by atoms with E-state index in [0.29, 0.717) is 5.56 Å². The van der Waals surface area contributed by atoms with Crippen LogP contribution in [-0.2, 0) is 28.5 Å². The molecule has 0 aromatic heterocycles. The minimum Gasteiger partial charge on any atom is -0.459 e. The molecule has 0 saturated carbocycles. The van der Waals surface area contributed by atoms with E-state index in [9.17, 15) is 18.8 Å². The van der Waals surface area contributed by atoms with Crippen LogP contribution in [0.4, 0.5) is 4.39 Å². The topological polar surface area (TPSA) is 88.1 Å². The van der Waals surface area contributed by atoms with Crippen LogP contribution in [0.5, 0.6) is 0 Å². The normalized spacial score (nSPS) is 25.8. The zero-order valence-corrected chi connectivity index (χ0v) is 13.1. The first-order valence-electron chi connectivity index (χ1n) is 7.24. The molecule has 1 aromatic carbocycles. The molecule has 0 aliphatic carbocycles. The lowest BCUT2D eigenvalue weighted by Gasteiger charge is -2.21. The second-order valence-corrected chi connectivity index (χ2v) is 5.14. The van der Waals surface area contributed by atoms with Crippen LogP contribution in [-0.4, -0.2) is 49.2 Å². The molecular formula is C16H17FO7. The molecule has 1 saturated heterocycles. The van der Waals surface area contributed by atoms with E-state index < -0.39 is 42.6 Å². The zero-order valence-electron chi connectivity index (χ0n) is 13.1. The van der Waals surface area contributed by atoms with Gasteiger partial charge >= 0.3 is 17.9 Å². The van der Waals surface area contributed by atoms with Crippen molar-refractivity contribution < 1.29 is 37.7 Å². The fourth-order valence-electron chi connectivity index (χ4n) is 2.28. The Morgan fingerprint density at radius 2 is 1.62 bits per heavy atom. The van der Waals surface area contributed by atoms with E-state index in [0.717, 1.165) is 13.8 Å². The van der Waals surface area contributed by atoms with Gasteiger partial charge in [-0.1, -0.05) is 18.2 Å². The summed E-state index contributed by atoms with van der Waals surface area (Å²) in [5.41, 5.74) is 0.313. The SMILES string of the molecule is CC(=O)O[C@@H]1[C@H](OC(C)=O)[C@@H](COC(=O)c2ccccc2)O[C@H]1F. The molecule has 0 bridgehead atoms. The summed E-state index contributed by atoms with van der Waals surface area (Å²) in [6.45, 7) is 1.87. The minimum atomic E-state index is -1.99. The molecule has 130 valence electrons. The summed E-state index contributed by atoms with van der Waals surface area (Å²) in [5.74, 6) is -2.08. The lowest BCUT2D eigenvalue weighted by atomic mass is 10.1. The van der Waals surface area contributed by atoms with Crippen molar-refractivity contribution in [2.75, 3.05) is 6.61 Å². The number of benzene rings is 1. The summed E-state index contributed by atoms with van der Waals surface area (Å²) in [6.07, 6.45) is -5.68. The number of carbonyl (C=O) groups excluding carboxylic acids is 3. The van der Waals surface area contributed by atoms with Crippen LogP contribution in [0, 0.1) is 0 Å². The monoisotopic (exact) mass is 340 g/mol. The zero-order chi connectivity index (χ0) is 17.7. The molecular weight excluding hydrogens is 323 g/mol. The minimum absolute atomic E-state index is 0.313. The van der Waals surface area contributed by atoms with Gasteiger partial charge in [0.2, 0.25) is 6.36 Å². The Morgan fingerprint density at radius 1 is 1.04 bits per heavy atom. The number of ether oxygens (including phenoxy) is 4. The molecule has 0 spiro atoms. The number of hydrogen-bond donors (Lipinski definition) is 0. The van der Waals surface area contributed by atoms with Gasteiger partial charge in [0.1, 0.15) is 12.7 Å². The van der Waals surface area contributed by atoms with Crippen molar-refractivity contribution >= 4 is 17.9 Å². The van der Waals surface area contributed by atoms with Crippen molar-refractivity contribution in [2.24, 2.45) is 0 Å². The molecule has 1 aliphatic rings. The quantitative estimate of drug-likeness (QED) is 0.591. The second kappa shape index (κ2) is 7.87. The Labute approximate surface area is 137 Å². The van der Waals surface area contributed by atoms with Gasteiger partial charge < -0.3 is 18.9 Å². The lowest BCUT2D eigenvalue weighted by Crippen LogP contribution is -2.40. The Bertz CT molecular complexity index is 604. The van der Waals surface area contributed by atoms with E-state index in [1.54, 1.807) is 30.3 Å². The summed E-state index contributed by atoms with van der Waals surface area (Å²) in [7, 11) is 0. The molecule has 8 heteroatoms. The number of esters is 3. The van der Waals surface area contributed by atoms with Crippen LogP contribution >= 0.6 is 0 Å². The van der Waals surface area contributed by atoms with Gasteiger partial charge in [-0.05, 0) is 12.1 Å². The number of hydrogen-bond acceptors (Lipinski definition) is 7.